The molecule has 0 radical (unpaired) electrons. The number of hydrogen-bond donors (Lipinski definition) is 1. The van der Waals surface area contributed by atoms with Crippen LogP contribution in [0.25, 0.3) is 0 Å². The van der Waals surface area contributed by atoms with E-state index >= 15 is 0 Å². The lowest BCUT2D eigenvalue weighted by molar-refractivity contribution is 0.0566. The van der Waals surface area contributed by atoms with Crippen molar-refractivity contribution in [1.29, 1.82) is 0 Å². The standard InChI is InChI=1S/C15H32N2O2/c1-5-18-11-9-17(10-12-19-6-2)13-7-8-15(3,4)14(13)16/h13-14H,5-12,16H2,1-4H3. The van der Waals surface area contributed by atoms with Gasteiger partial charge in [0.1, 0.15) is 0 Å². The topological polar surface area (TPSA) is 47.7 Å². The van der Waals surface area contributed by atoms with Crippen molar-refractivity contribution in [3.63, 3.8) is 0 Å². The summed E-state index contributed by atoms with van der Waals surface area (Å²) in [5.74, 6) is 0. The van der Waals surface area contributed by atoms with Gasteiger partial charge in [-0.2, -0.15) is 0 Å². The van der Waals surface area contributed by atoms with Gasteiger partial charge in [0.15, 0.2) is 0 Å². The summed E-state index contributed by atoms with van der Waals surface area (Å²) in [6.07, 6.45) is 2.39. The maximum atomic E-state index is 6.44. The van der Waals surface area contributed by atoms with E-state index in [-0.39, 0.29) is 11.5 Å². The Kier molecular flexibility index (Phi) is 7.29. The number of ether oxygens (including phenoxy) is 2. The minimum Gasteiger partial charge on any atom is -0.380 e. The Bertz CT molecular complexity index is 236. The van der Waals surface area contributed by atoms with E-state index in [1.165, 1.54) is 12.8 Å². The second kappa shape index (κ2) is 8.20. The fraction of sp³-hybridized carbons (Fsp3) is 1.00. The van der Waals surface area contributed by atoms with Crippen LogP contribution in [-0.2, 0) is 9.47 Å². The fourth-order valence-corrected chi connectivity index (χ4v) is 2.89. The summed E-state index contributed by atoms with van der Waals surface area (Å²) in [7, 11) is 0. The average molecular weight is 272 g/mol. The van der Waals surface area contributed by atoms with Crippen molar-refractivity contribution < 1.29 is 9.47 Å². The molecule has 2 N–H and O–H groups in total. The van der Waals surface area contributed by atoms with Crippen LogP contribution in [-0.4, -0.2) is 56.5 Å². The first-order valence-electron chi connectivity index (χ1n) is 7.68. The molecule has 0 spiro atoms. The zero-order valence-corrected chi connectivity index (χ0v) is 13.2. The predicted molar refractivity (Wildman–Crippen MR) is 79.3 cm³/mol. The van der Waals surface area contributed by atoms with Crippen LogP contribution in [0.2, 0.25) is 0 Å². The number of rotatable bonds is 9. The van der Waals surface area contributed by atoms with Gasteiger partial charge in [0.2, 0.25) is 0 Å². The molecule has 0 bridgehead atoms. The van der Waals surface area contributed by atoms with Gasteiger partial charge in [-0.3, -0.25) is 4.90 Å². The van der Waals surface area contributed by atoms with E-state index in [9.17, 15) is 0 Å². The van der Waals surface area contributed by atoms with Crippen LogP contribution in [0.4, 0.5) is 0 Å². The van der Waals surface area contributed by atoms with Crippen molar-refractivity contribution in [2.24, 2.45) is 11.1 Å². The summed E-state index contributed by atoms with van der Waals surface area (Å²) in [5, 5.41) is 0. The minimum absolute atomic E-state index is 0.246. The van der Waals surface area contributed by atoms with Gasteiger partial charge in [-0.05, 0) is 32.1 Å². The molecule has 2 unspecified atom stereocenters. The van der Waals surface area contributed by atoms with Crippen LogP contribution in [0.5, 0.6) is 0 Å². The zero-order chi connectivity index (χ0) is 14.3. The van der Waals surface area contributed by atoms with E-state index in [2.05, 4.69) is 18.7 Å². The van der Waals surface area contributed by atoms with Gasteiger partial charge in [-0.15, -0.1) is 0 Å². The summed E-state index contributed by atoms with van der Waals surface area (Å²) >= 11 is 0. The molecule has 114 valence electrons. The van der Waals surface area contributed by atoms with Gasteiger partial charge in [0, 0.05) is 38.4 Å². The Hall–Kier alpha value is -0.160. The SMILES string of the molecule is CCOCCN(CCOCC)C1CCC(C)(C)C1N. The summed E-state index contributed by atoms with van der Waals surface area (Å²) in [6.45, 7) is 13.7. The van der Waals surface area contributed by atoms with Crippen LogP contribution >= 0.6 is 0 Å². The Morgan fingerprint density at radius 2 is 1.63 bits per heavy atom. The molecule has 1 rings (SSSR count). The van der Waals surface area contributed by atoms with Gasteiger partial charge in [0.25, 0.3) is 0 Å². The smallest absolute Gasteiger partial charge is 0.0593 e. The van der Waals surface area contributed by atoms with Crippen molar-refractivity contribution in [3.05, 3.63) is 0 Å². The zero-order valence-electron chi connectivity index (χ0n) is 13.2. The molecule has 2 atom stereocenters. The molecule has 0 aromatic heterocycles. The van der Waals surface area contributed by atoms with Crippen LogP contribution in [0.15, 0.2) is 0 Å². The summed E-state index contributed by atoms with van der Waals surface area (Å²) < 4.78 is 11.0. The van der Waals surface area contributed by atoms with Crippen LogP contribution in [0, 0.1) is 5.41 Å². The lowest BCUT2D eigenvalue weighted by Gasteiger charge is -2.35. The molecule has 4 nitrogen and oxygen atoms in total. The van der Waals surface area contributed by atoms with Gasteiger partial charge in [-0.25, -0.2) is 0 Å². The van der Waals surface area contributed by atoms with E-state index in [4.69, 9.17) is 15.2 Å². The fourth-order valence-electron chi connectivity index (χ4n) is 2.89. The second-order valence-electron chi connectivity index (χ2n) is 6.05. The minimum atomic E-state index is 0.246. The monoisotopic (exact) mass is 272 g/mol. The average Bonchev–Trinajstić information content (AvgIpc) is 2.63. The lowest BCUT2D eigenvalue weighted by Crippen LogP contribution is -2.51. The van der Waals surface area contributed by atoms with Crippen LogP contribution in [0.1, 0.15) is 40.5 Å². The molecule has 1 aliphatic carbocycles. The van der Waals surface area contributed by atoms with Crippen molar-refractivity contribution in [2.75, 3.05) is 39.5 Å². The predicted octanol–water partition coefficient (Wildman–Crippen LogP) is 1.88. The third-order valence-electron chi connectivity index (χ3n) is 4.32. The number of nitrogens with zero attached hydrogens (tertiary/aromatic N) is 1. The highest BCUT2D eigenvalue weighted by molar-refractivity contribution is 4.99. The number of hydrogen-bond acceptors (Lipinski definition) is 4. The van der Waals surface area contributed by atoms with E-state index in [1.807, 2.05) is 13.8 Å². The summed E-state index contributed by atoms with van der Waals surface area (Å²) in [6, 6.07) is 0.715. The Labute approximate surface area is 118 Å². The largest absolute Gasteiger partial charge is 0.380 e. The number of nitrogens with two attached hydrogens (primary N) is 1. The quantitative estimate of drug-likeness (QED) is 0.651. The van der Waals surface area contributed by atoms with Gasteiger partial charge < -0.3 is 15.2 Å². The van der Waals surface area contributed by atoms with Crippen LogP contribution < -0.4 is 5.73 Å². The molecule has 0 aromatic rings. The third-order valence-corrected chi connectivity index (χ3v) is 4.32. The Morgan fingerprint density at radius 3 is 2.00 bits per heavy atom. The molecule has 0 aromatic carbocycles. The first-order chi connectivity index (χ1) is 9.03. The molecule has 0 saturated heterocycles. The molecular formula is C15H32N2O2. The van der Waals surface area contributed by atoms with Crippen LogP contribution in [0.3, 0.4) is 0 Å². The molecule has 1 saturated carbocycles. The second-order valence-corrected chi connectivity index (χ2v) is 6.05. The van der Waals surface area contributed by atoms with Gasteiger partial charge in [-0.1, -0.05) is 13.8 Å². The highest BCUT2D eigenvalue weighted by Gasteiger charge is 2.41. The maximum absolute atomic E-state index is 6.44. The maximum Gasteiger partial charge on any atom is 0.0593 e. The highest BCUT2D eigenvalue weighted by Crippen LogP contribution is 2.38. The first-order valence-corrected chi connectivity index (χ1v) is 7.68. The Balaban J connectivity index is 2.51. The van der Waals surface area contributed by atoms with Crippen molar-refractivity contribution in [1.82, 2.24) is 4.90 Å². The molecule has 19 heavy (non-hydrogen) atoms. The molecule has 0 amide bonds. The summed E-state index contributed by atoms with van der Waals surface area (Å²) in [5.41, 5.74) is 6.69. The van der Waals surface area contributed by atoms with Crippen molar-refractivity contribution >= 4 is 0 Å². The molecule has 1 aliphatic rings. The highest BCUT2D eigenvalue weighted by atomic mass is 16.5. The molecule has 0 aliphatic heterocycles. The molecule has 1 fully saturated rings. The van der Waals surface area contributed by atoms with E-state index < -0.39 is 0 Å². The van der Waals surface area contributed by atoms with Gasteiger partial charge >= 0.3 is 0 Å². The molecule has 0 heterocycles. The lowest BCUT2D eigenvalue weighted by atomic mass is 9.87. The molecular weight excluding hydrogens is 240 g/mol. The van der Waals surface area contributed by atoms with E-state index in [0.29, 0.717) is 6.04 Å². The van der Waals surface area contributed by atoms with Gasteiger partial charge in [0.05, 0.1) is 13.2 Å². The summed E-state index contributed by atoms with van der Waals surface area (Å²) in [4.78, 5) is 2.46. The normalized spacial score (nSPS) is 26.2. The third kappa shape index (κ3) is 5.03. The first kappa shape index (κ1) is 16.9. The molecule has 4 heteroatoms. The van der Waals surface area contributed by atoms with E-state index in [0.717, 1.165) is 39.5 Å². The van der Waals surface area contributed by atoms with Crippen molar-refractivity contribution in [3.8, 4) is 0 Å². The Morgan fingerprint density at radius 1 is 1.11 bits per heavy atom. The van der Waals surface area contributed by atoms with E-state index in [1.54, 1.807) is 0 Å². The van der Waals surface area contributed by atoms with Crippen molar-refractivity contribution in [2.45, 2.75) is 52.6 Å².